The molecule has 0 spiro atoms. The molecule has 0 radical (unpaired) electrons. The first-order valence-electron chi connectivity index (χ1n) is 6.61. The average molecular weight is 270 g/mol. The van der Waals surface area contributed by atoms with E-state index >= 15 is 0 Å². The minimum atomic E-state index is -4.20. The number of aromatic hydroxyl groups is 1. The molecule has 0 amide bonds. The van der Waals surface area contributed by atoms with Crippen LogP contribution in [0.5, 0.6) is 5.75 Å². The van der Waals surface area contributed by atoms with Crippen molar-refractivity contribution in [1.82, 2.24) is 0 Å². The fraction of sp³-hybridized carbons (Fsp3) is 0.600. The zero-order valence-electron chi connectivity index (χ0n) is 11.1. The molecule has 2 aliphatic carbocycles. The third-order valence-electron chi connectivity index (χ3n) is 4.80. The monoisotopic (exact) mass is 270 g/mol. The number of halogens is 3. The zero-order valence-corrected chi connectivity index (χ0v) is 11.1. The number of hydrogen-bond donors (Lipinski definition) is 1. The van der Waals surface area contributed by atoms with Gasteiger partial charge in [0.15, 0.2) is 0 Å². The summed E-state index contributed by atoms with van der Waals surface area (Å²) in [4.78, 5) is 0. The topological polar surface area (TPSA) is 20.2 Å². The molecule has 0 unspecified atom stereocenters. The summed E-state index contributed by atoms with van der Waals surface area (Å²) in [7, 11) is 0. The second-order valence-corrected chi connectivity index (χ2v) is 6.32. The number of alkyl halides is 3. The minimum Gasteiger partial charge on any atom is -0.508 e. The molecule has 104 valence electrons. The van der Waals surface area contributed by atoms with Gasteiger partial charge in [-0.2, -0.15) is 13.2 Å². The molecule has 1 N–H and O–H groups in total. The highest BCUT2D eigenvalue weighted by atomic mass is 19.4. The third-order valence-corrected chi connectivity index (χ3v) is 4.80. The summed E-state index contributed by atoms with van der Waals surface area (Å²) in [6, 6.07) is 3.11. The summed E-state index contributed by atoms with van der Waals surface area (Å²) in [6.45, 7) is 3.65. The van der Waals surface area contributed by atoms with Crippen LogP contribution < -0.4 is 0 Å². The van der Waals surface area contributed by atoms with Crippen molar-refractivity contribution in [1.29, 1.82) is 0 Å². The van der Waals surface area contributed by atoms with E-state index in [1.165, 1.54) is 6.07 Å². The van der Waals surface area contributed by atoms with Crippen molar-refractivity contribution < 1.29 is 18.3 Å². The van der Waals surface area contributed by atoms with Gasteiger partial charge < -0.3 is 5.11 Å². The molecule has 1 nitrogen and oxygen atoms in total. The smallest absolute Gasteiger partial charge is 0.398 e. The van der Waals surface area contributed by atoms with E-state index in [1.807, 2.05) is 6.92 Å². The van der Waals surface area contributed by atoms with Crippen LogP contribution in [0.15, 0.2) is 12.1 Å². The van der Waals surface area contributed by atoms with Crippen LogP contribution in [0.1, 0.15) is 49.3 Å². The Morgan fingerprint density at radius 3 is 2.05 bits per heavy atom. The van der Waals surface area contributed by atoms with Gasteiger partial charge in [-0.25, -0.2) is 0 Å². The standard InChI is InChI=1S/C15H17F3O/c1-9-7-12(19)11(13(2)3-4-13)8-10(9)14(5-6-14)15(16,17)18/h7-8,19H,3-6H2,1-2H3. The lowest BCUT2D eigenvalue weighted by Gasteiger charge is -2.24. The molecule has 0 heterocycles. The largest absolute Gasteiger partial charge is 0.508 e. The van der Waals surface area contributed by atoms with E-state index in [2.05, 4.69) is 0 Å². The molecule has 0 aromatic heterocycles. The fourth-order valence-corrected chi connectivity index (χ4v) is 2.98. The van der Waals surface area contributed by atoms with Gasteiger partial charge in [-0.1, -0.05) is 13.0 Å². The van der Waals surface area contributed by atoms with Crippen LogP contribution in [0.2, 0.25) is 0 Å². The summed E-state index contributed by atoms with van der Waals surface area (Å²) in [5.41, 5.74) is -0.205. The average Bonchev–Trinajstić information content (AvgIpc) is 3.13. The quantitative estimate of drug-likeness (QED) is 0.847. The lowest BCUT2D eigenvalue weighted by molar-refractivity contribution is -0.160. The number of rotatable bonds is 2. The number of phenolic OH excluding ortho intramolecular Hbond substituents is 1. The maximum absolute atomic E-state index is 13.2. The van der Waals surface area contributed by atoms with Gasteiger partial charge in [0.1, 0.15) is 5.75 Å². The molecule has 2 fully saturated rings. The summed E-state index contributed by atoms with van der Waals surface area (Å²) in [5.74, 6) is 0.138. The van der Waals surface area contributed by atoms with E-state index in [4.69, 9.17) is 0 Å². The first-order valence-corrected chi connectivity index (χ1v) is 6.61. The minimum absolute atomic E-state index is 0.131. The molecular weight excluding hydrogens is 253 g/mol. The number of phenols is 1. The summed E-state index contributed by atoms with van der Waals surface area (Å²) < 4.78 is 39.7. The van der Waals surface area contributed by atoms with E-state index in [1.54, 1.807) is 13.0 Å². The van der Waals surface area contributed by atoms with Crippen molar-refractivity contribution in [3.63, 3.8) is 0 Å². The summed E-state index contributed by atoms with van der Waals surface area (Å²) >= 11 is 0. The van der Waals surface area contributed by atoms with Gasteiger partial charge >= 0.3 is 6.18 Å². The molecule has 1 aromatic rings. The van der Waals surface area contributed by atoms with E-state index in [0.717, 1.165) is 12.8 Å². The van der Waals surface area contributed by atoms with Crippen molar-refractivity contribution in [3.05, 3.63) is 28.8 Å². The van der Waals surface area contributed by atoms with E-state index in [0.29, 0.717) is 16.7 Å². The van der Waals surface area contributed by atoms with Crippen LogP contribution in [0, 0.1) is 6.92 Å². The molecule has 19 heavy (non-hydrogen) atoms. The van der Waals surface area contributed by atoms with Gasteiger partial charge in [0.05, 0.1) is 5.41 Å². The molecule has 4 heteroatoms. The third kappa shape index (κ3) is 1.76. The fourth-order valence-electron chi connectivity index (χ4n) is 2.98. The summed E-state index contributed by atoms with van der Waals surface area (Å²) in [6.07, 6.45) is -2.00. The SMILES string of the molecule is Cc1cc(O)c(C2(C)CC2)cc1C1(C(F)(F)F)CC1. The molecule has 0 saturated heterocycles. The van der Waals surface area contributed by atoms with E-state index in [9.17, 15) is 18.3 Å². The Morgan fingerprint density at radius 1 is 1.05 bits per heavy atom. The molecule has 0 atom stereocenters. The van der Waals surface area contributed by atoms with Crippen molar-refractivity contribution in [3.8, 4) is 5.75 Å². The lowest BCUT2D eigenvalue weighted by atomic mass is 9.85. The second kappa shape index (κ2) is 3.47. The predicted octanol–water partition coefficient (Wildman–Crippen LogP) is 4.35. The highest BCUT2D eigenvalue weighted by Gasteiger charge is 2.64. The van der Waals surface area contributed by atoms with Crippen LogP contribution in [-0.4, -0.2) is 11.3 Å². The Bertz CT molecular complexity index is 537. The van der Waals surface area contributed by atoms with E-state index in [-0.39, 0.29) is 24.0 Å². The highest BCUT2D eigenvalue weighted by Crippen LogP contribution is 2.61. The van der Waals surface area contributed by atoms with Gasteiger partial charge in [-0.05, 0) is 55.2 Å². The number of benzene rings is 1. The molecule has 0 aliphatic heterocycles. The molecule has 2 saturated carbocycles. The van der Waals surface area contributed by atoms with Crippen molar-refractivity contribution in [2.75, 3.05) is 0 Å². The first-order chi connectivity index (χ1) is 8.70. The molecule has 0 bridgehead atoms. The molecule has 2 aliphatic rings. The van der Waals surface area contributed by atoms with Crippen molar-refractivity contribution in [2.45, 2.75) is 56.5 Å². The first kappa shape index (κ1) is 12.8. The number of hydrogen-bond acceptors (Lipinski definition) is 1. The maximum Gasteiger partial charge on any atom is 0.398 e. The van der Waals surface area contributed by atoms with E-state index < -0.39 is 11.6 Å². The van der Waals surface area contributed by atoms with Crippen LogP contribution in [0.3, 0.4) is 0 Å². The highest BCUT2D eigenvalue weighted by molar-refractivity contribution is 5.52. The molecular formula is C15H17F3O. The van der Waals surface area contributed by atoms with Gasteiger partial charge in [0.25, 0.3) is 0 Å². The maximum atomic E-state index is 13.2. The number of aryl methyl sites for hydroxylation is 1. The Labute approximate surface area is 110 Å². The summed E-state index contributed by atoms with van der Waals surface area (Å²) in [5, 5.41) is 10.00. The Balaban J connectivity index is 2.13. The molecule has 3 rings (SSSR count). The van der Waals surface area contributed by atoms with Crippen LogP contribution in [-0.2, 0) is 10.8 Å². The lowest BCUT2D eigenvalue weighted by Crippen LogP contribution is -2.29. The molecule has 1 aromatic carbocycles. The Morgan fingerprint density at radius 2 is 1.63 bits per heavy atom. The van der Waals surface area contributed by atoms with Gasteiger partial charge in [0, 0.05) is 5.56 Å². The van der Waals surface area contributed by atoms with Crippen LogP contribution in [0.25, 0.3) is 0 Å². The normalized spacial score (nSPS) is 23.2. The second-order valence-electron chi connectivity index (χ2n) is 6.32. The van der Waals surface area contributed by atoms with Crippen LogP contribution in [0.4, 0.5) is 13.2 Å². The van der Waals surface area contributed by atoms with Gasteiger partial charge in [-0.3, -0.25) is 0 Å². The Kier molecular flexibility index (Phi) is 2.34. The predicted molar refractivity (Wildman–Crippen MR) is 66.4 cm³/mol. The van der Waals surface area contributed by atoms with Gasteiger partial charge in [-0.15, -0.1) is 0 Å². The zero-order chi connectivity index (χ0) is 14.1. The van der Waals surface area contributed by atoms with Crippen molar-refractivity contribution in [2.24, 2.45) is 0 Å². The van der Waals surface area contributed by atoms with Crippen molar-refractivity contribution >= 4 is 0 Å². The van der Waals surface area contributed by atoms with Gasteiger partial charge in [0.2, 0.25) is 0 Å². The Hall–Kier alpha value is -1.19. The van der Waals surface area contributed by atoms with Crippen LogP contribution >= 0.6 is 0 Å².